The van der Waals surface area contributed by atoms with Gasteiger partial charge in [0.2, 0.25) is 0 Å². The fraction of sp³-hybridized carbons (Fsp3) is 0.917. The average Bonchev–Trinajstić information content (AvgIpc) is 2.65. The molecule has 0 atom stereocenters. The number of amides is 1. The van der Waals surface area contributed by atoms with Crippen LogP contribution in [0.2, 0.25) is 0 Å². The van der Waals surface area contributed by atoms with Crippen molar-refractivity contribution in [3.8, 4) is 0 Å². The maximum atomic E-state index is 13.1. The summed E-state index contributed by atoms with van der Waals surface area (Å²) in [6.45, 7) is 6.15. The van der Waals surface area contributed by atoms with Crippen molar-refractivity contribution in [3.63, 3.8) is 0 Å². The Morgan fingerprint density at radius 1 is 1.24 bits per heavy atom. The molecule has 17 heavy (non-hydrogen) atoms. The topological polar surface area (TPSA) is 29.5 Å². The zero-order chi connectivity index (χ0) is 12.9. The number of hydrogen-bond acceptors (Lipinski definition) is 2. The molecule has 2 rings (SSSR count). The van der Waals surface area contributed by atoms with Gasteiger partial charge in [-0.05, 0) is 33.6 Å². The van der Waals surface area contributed by atoms with Crippen LogP contribution < -0.4 is 0 Å². The Labute approximate surface area is 100 Å². The Morgan fingerprint density at radius 2 is 1.71 bits per heavy atom. The molecule has 0 unspecified atom stereocenters. The summed E-state index contributed by atoms with van der Waals surface area (Å²) in [6, 6.07) is 0. The number of rotatable bonds is 0. The zero-order valence-corrected chi connectivity index (χ0v) is 10.6. The van der Waals surface area contributed by atoms with Crippen LogP contribution in [-0.4, -0.2) is 35.6 Å². The molecule has 0 aromatic heterocycles. The lowest BCUT2D eigenvalue weighted by Gasteiger charge is -2.33. The highest BCUT2D eigenvalue weighted by atomic mass is 19.3. The smallest absolute Gasteiger partial charge is 0.410 e. The molecule has 1 saturated carbocycles. The molecule has 3 nitrogen and oxygen atoms in total. The van der Waals surface area contributed by atoms with Crippen molar-refractivity contribution in [3.05, 3.63) is 0 Å². The van der Waals surface area contributed by atoms with Crippen molar-refractivity contribution in [2.24, 2.45) is 5.41 Å². The fourth-order valence-corrected chi connectivity index (χ4v) is 2.37. The molecule has 1 saturated heterocycles. The molecule has 0 bridgehead atoms. The Balaban J connectivity index is 1.86. The van der Waals surface area contributed by atoms with E-state index < -0.39 is 23.0 Å². The van der Waals surface area contributed by atoms with Gasteiger partial charge in [-0.15, -0.1) is 0 Å². The van der Waals surface area contributed by atoms with Crippen molar-refractivity contribution < 1.29 is 18.3 Å². The predicted molar refractivity (Wildman–Crippen MR) is 59.0 cm³/mol. The summed E-state index contributed by atoms with van der Waals surface area (Å²) < 4.78 is 31.5. The van der Waals surface area contributed by atoms with Gasteiger partial charge in [-0.3, -0.25) is 0 Å². The van der Waals surface area contributed by atoms with Gasteiger partial charge in [-0.1, -0.05) is 0 Å². The van der Waals surface area contributed by atoms with Crippen LogP contribution in [0.5, 0.6) is 0 Å². The fourth-order valence-electron chi connectivity index (χ4n) is 2.37. The van der Waals surface area contributed by atoms with Crippen molar-refractivity contribution in [2.45, 2.75) is 51.6 Å². The average molecular weight is 247 g/mol. The summed E-state index contributed by atoms with van der Waals surface area (Å²) in [5.41, 5.74) is -1.35. The van der Waals surface area contributed by atoms with E-state index in [0.717, 1.165) is 0 Å². The number of carbonyl (C=O) groups is 1. The number of alkyl halides is 2. The van der Waals surface area contributed by atoms with Gasteiger partial charge in [0.25, 0.3) is 5.92 Å². The van der Waals surface area contributed by atoms with Crippen LogP contribution in [-0.2, 0) is 4.74 Å². The molecular formula is C12H19F2NO2. The van der Waals surface area contributed by atoms with Gasteiger partial charge >= 0.3 is 6.09 Å². The largest absolute Gasteiger partial charge is 0.444 e. The number of likely N-dealkylation sites (tertiary alicyclic amines) is 1. The van der Waals surface area contributed by atoms with Crippen LogP contribution in [0.15, 0.2) is 0 Å². The molecule has 0 radical (unpaired) electrons. The molecule has 0 aromatic rings. The van der Waals surface area contributed by atoms with Crippen LogP contribution >= 0.6 is 0 Å². The number of halogens is 2. The highest BCUT2D eigenvalue weighted by molar-refractivity contribution is 5.68. The van der Waals surface area contributed by atoms with Crippen molar-refractivity contribution in [1.82, 2.24) is 4.90 Å². The molecule has 2 fully saturated rings. The number of hydrogen-bond donors (Lipinski definition) is 0. The van der Waals surface area contributed by atoms with Crippen LogP contribution in [0.25, 0.3) is 0 Å². The third-order valence-electron chi connectivity index (χ3n) is 3.58. The molecule has 0 aromatic carbocycles. The Hall–Kier alpha value is -0.870. The maximum Gasteiger partial charge on any atom is 0.410 e. The summed E-state index contributed by atoms with van der Waals surface area (Å²) >= 11 is 0. The summed E-state index contributed by atoms with van der Waals surface area (Å²) in [5.74, 6) is -2.51. The molecule has 1 heterocycles. The summed E-state index contributed by atoms with van der Waals surface area (Å²) in [4.78, 5) is 13.3. The summed E-state index contributed by atoms with van der Waals surface area (Å²) in [5, 5.41) is 0. The second-order valence-corrected chi connectivity index (χ2v) is 6.13. The number of carbonyl (C=O) groups excluding carboxylic acids is 1. The highest BCUT2D eigenvalue weighted by Gasteiger charge is 2.70. The molecule has 98 valence electrons. The van der Waals surface area contributed by atoms with E-state index in [-0.39, 0.29) is 6.42 Å². The molecule has 2 aliphatic rings. The standard InChI is InChI=1S/C12H19F2NO2/c1-10(2,3)17-9(16)15-6-4-11(5-7-15)8-12(11,13)14/h4-8H2,1-3H3. The molecular weight excluding hydrogens is 228 g/mol. The van der Waals surface area contributed by atoms with Gasteiger partial charge in [0.15, 0.2) is 0 Å². The normalized spacial score (nSPS) is 25.8. The number of nitrogens with zero attached hydrogens (tertiary/aromatic N) is 1. The lowest BCUT2D eigenvalue weighted by atomic mass is 9.93. The lowest BCUT2D eigenvalue weighted by molar-refractivity contribution is 0.00121. The monoisotopic (exact) mass is 247 g/mol. The number of ether oxygens (including phenoxy) is 1. The van der Waals surface area contributed by atoms with Gasteiger partial charge in [-0.25, -0.2) is 13.6 Å². The van der Waals surface area contributed by atoms with Gasteiger partial charge < -0.3 is 9.64 Å². The van der Waals surface area contributed by atoms with E-state index in [0.29, 0.717) is 25.9 Å². The highest BCUT2D eigenvalue weighted by Crippen LogP contribution is 2.65. The molecule has 0 N–H and O–H groups in total. The van der Waals surface area contributed by atoms with E-state index in [1.165, 1.54) is 4.90 Å². The third kappa shape index (κ3) is 2.38. The lowest BCUT2D eigenvalue weighted by Crippen LogP contribution is -2.43. The second kappa shape index (κ2) is 3.56. The second-order valence-electron chi connectivity index (χ2n) is 6.13. The molecule has 1 aliphatic carbocycles. The summed E-state index contributed by atoms with van der Waals surface area (Å²) in [7, 11) is 0. The van der Waals surface area contributed by atoms with Gasteiger partial charge in [-0.2, -0.15) is 0 Å². The Morgan fingerprint density at radius 3 is 2.06 bits per heavy atom. The van der Waals surface area contributed by atoms with Crippen LogP contribution in [0.1, 0.15) is 40.0 Å². The quantitative estimate of drug-likeness (QED) is 0.658. The van der Waals surface area contributed by atoms with Gasteiger partial charge in [0, 0.05) is 24.9 Å². The number of piperidine rings is 1. The van der Waals surface area contributed by atoms with Crippen LogP contribution in [0.3, 0.4) is 0 Å². The predicted octanol–water partition coefficient (Wildman–Crippen LogP) is 3.04. The van der Waals surface area contributed by atoms with Crippen LogP contribution in [0.4, 0.5) is 13.6 Å². The van der Waals surface area contributed by atoms with E-state index in [1.54, 1.807) is 20.8 Å². The SMILES string of the molecule is CC(C)(C)OC(=O)N1CCC2(CC1)CC2(F)F. The Bertz CT molecular complexity index is 328. The first-order valence-electron chi connectivity index (χ1n) is 6.01. The molecule has 5 heteroatoms. The van der Waals surface area contributed by atoms with E-state index >= 15 is 0 Å². The molecule has 1 aliphatic heterocycles. The van der Waals surface area contributed by atoms with Gasteiger partial charge in [0.1, 0.15) is 5.60 Å². The van der Waals surface area contributed by atoms with E-state index in [1.807, 2.05) is 0 Å². The van der Waals surface area contributed by atoms with Crippen molar-refractivity contribution in [1.29, 1.82) is 0 Å². The Kier molecular flexibility index (Phi) is 2.64. The van der Waals surface area contributed by atoms with E-state index in [2.05, 4.69) is 0 Å². The first-order valence-corrected chi connectivity index (χ1v) is 6.01. The maximum absolute atomic E-state index is 13.1. The van der Waals surface area contributed by atoms with E-state index in [9.17, 15) is 13.6 Å². The molecule has 1 spiro atoms. The minimum atomic E-state index is -2.51. The first kappa shape index (κ1) is 12.6. The van der Waals surface area contributed by atoms with Crippen LogP contribution in [0, 0.1) is 5.41 Å². The molecule has 1 amide bonds. The minimum absolute atomic E-state index is 0.0117. The minimum Gasteiger partial charge on any atom is -0.444 e. The van der Waals surface area contributed by atoms with Crippen molar-refractivity contribution in [2.75, 3.05) is 13.1 Å². The van der Waals surface area contributed by atoms with Crippen molar-refractivity contribution >= 4 is 6.09 Å². The third-order valence-corrected chi connectivity index (χ3v) is 3.58. The summed E-state index contributed by atoms with van der Waals surface area (Å²) in [6.07, 6.45) is 0.372. The van der Waals surface area contributed by atoms with Gasteiger partial charge in [0.05, 0.1) is 0 Å². The first-order chi connectivity index (χ1) is 7.65. The zero-order valence-electron chi connectivity index (χ0n) is 10.6. The van der Waals surface area contributed by atoms with E-state index in [4.69, 9.17) is 4.74 Å².